The predicted molar refractivity (Wildman–Crippen MR) is 79.6 cm³/mol. The Morgan fingerprint density at radius 2 is 1.96 bits per heavy atom. The van der Waals surface area contributed by atoms with E-state index in [2.05, 4.69) is 0 Å². The second kappa shape index (κ2) is 6.60. The molecule has 1 heterocycles. The molecule has 1 aromatic rings. The molecule has 1 aliphatic heterocycles. The van der Waals surface area contributed by atoms with Crippen molar-refractivity contribution >= 4 is 6.09 Å². The second-order valence-corrected chi connectivity index (χ2v) is 6.22. The van der Waals surface area contributed by atoms with Gasteiger partial charge in [0.2, 0.25) is 0 Å². The van der Waals surface area contributed by atoms with E-state index in [4.69, 9.17) is 4.74 Å². The van der Waals surface area contributed by atoms with E-state index in [1.807, 2.05) is 0 Å². The van der Waals surface area contributed by atoms with Gasteiger partial charge in [0, 0.05) is 12.5 Å². The fraction of sp³-hybridized carbons (Fsp3) is 0.562. The maximum Gasteiger partial charge on any atom is 0.416 e. The molecule has 0 saturated carbocycles. The standard InChI is InChI=1S/C16H20F3NO4/c1-15(2)20(14(22)23)13(9-24-15)12(7-8-21)10-3-5-11(6-4-10)16(17,18)19/h3-6,12-13,21H,7-9H2,1-2H3,(H,22,23)/t12-,13+/m0/s1. The Morgan fingerprint density at radius 1 is 1.38 bits per heavy atom. The zero-order valence-electron chi connectivity index (χ0n) is 13.4. The Bertz CT molecular complexity index is 586. The van der Waals surface area contributed by atoms with Crippen LogP contribution in [0.2, 0.25) is 0 Å². The van der Waals surface area contributed by atoms with Crippen LogP contribution in [0.1, 0.15) is 37.3 Å². The van der Waals surface area contributed by atoms with Gasteiger partial charge in [-0.3, -0.25) is 4.90 Å². The second-order valence-electron chi connectivity index (χ2n) is 6.22. The first-order chi connectivity index (χ1) is 11.1. The van der Waals surface area contributed by atoms with Gasteiger partial charge in [-0.1, -0.05) is 12.1 Å². The van der Waals surface area contributed by atoms with Gasteiger partial charge in [-0.25, -0.2) is 4.79 Å². The number of benzene rings is 1. The molecule has 0 aliphatic carbocycles. The van der Waals surface area contributed by atoms with Gasteiger partial charge >= 0.3 is 12.3 Å². The van der Waals surface area contributed by atoms with Crippen molar-refractivity contribution in [3.63, 3.8) is 0 Å². The minimum Gasteiger partial charge on any atom is -0.465 e. The number of ether oxygens (including phenoxy) is 1. The van der Waals surface area contributed by atoms with E-state index in [0.717, 1.165) is 17.0 Å². The summed E-state index contributed by atoms with van der Waals surface area (Å²) in [5, 5.41) is 18.8. The third-order valence-electron chi connectivity index (χ3n) is 4.30. The molecule has 0 aromatic heterocycles. The average Bonchev–Trinajstić information content (AvgIpc) is 2.79. The summed E-state index contributed by atoms with van der Waals surface area (Å²) in [6.07, 6.45) is -5.38. The molecule has 0 unspecified atom stereocenters. The molecular formula is C16H20F3NO4. The largest absolute Gasteiger partial charge is 0.465 e. The molecule has 1 aromatic carbocycles. The van der Waals surface area contributed by atoms with Crippen molar-refractivity contribution in [1.29, 1.82) is 0 Å². The van der Waals surface area contributed by atoms with Crippen molar-refractivity contribution in [2.24, 2.45) is 0 Å². The van der Waals surface area contributed by atoms with Crippen LogP contribution in [0, 0.1) is 0 Å². The monoisotopic (exact) mass is 347 g/mol. The van der Waals surface area contributed by atoms with Crippen molar-refractivity contribution in [3.8, 4) is 0 Å². The molecule has 2 atom stereocenters. The van der Waals surface area contributed by atoms with E-state index in [0.29, 0.717) is 5.56 Å². The minimum absolute atomic E-state index is 0.116. The number of amides is 1. The average molecular weight is 347 g/mol. The molecule has 2 rings (SSSR count). The van der Waals surface area contributed by atoms with E-state index in [-0.39, 0.29) is 19.6 Å². The van der Waals surface area contributed by atoms with Crippen LogP contribution in [0.25, 0.3) is 0 Å². The zero-order chi connectivity index (χ0) is 18.1. The highest BCUT2D eigenvalue weighted by Gasteiger charge is 2.47. The number of halogens is 3. The molecule has 0 bridgehead atoms. The lowest BCUT2D eigenvalue weighted by atomic mass is 9.87. The molecule has 2 N–H and O–H groups in total. The summed E-state index contributed by atoms with van der Waals surface area (Å²) in [6, 6.07) is 4.00. The smallest absolute Gasteiger partial charge is 0.416 e. The van der Waals surface area contributed by atoms with Crippen LogP contribution >= 0.6 is 0 Å². The molecule has 0 radical (unpaired) electrons. The predicted octanol–water partition coefficient (Wildman–Crippen LogP) is 3.29. The number of carbonyl (C=O) groups is 1. The first-order valence-electron chi connectivity index (χ1n) is 7.52. The number of alkyl halides is 3. The number of hydrogen-bond acceptors (Lipinski definition) is 3. The highest BCUT2D eigenvalue weighted by atomic mass is 19.4. The molecule has 0 spiro atoms. The molecule has 5 nitrogen and oxygen atoms in total. The summed E-state index contributed by atoms with van der Waals surface area (Å²) in [7, 11) is 0. The van der Waals surface area contributed by atoms with Crippen molar-refractivity contribution in [2.45, 2.75) is 44.1 Å². The lowest BCUT2D eigenvalue weighted by Crippen LogP contribution is -2.49. The number of hydrogen-bond donors (Lipinski definition) is 2. The highest BCUT2D eigenvalue weighted by molar-refractivity contribution is 5.67. The molecular weight excluding hydrogens is 327 g/mol. The van der Waals surface area contributed by atoms with Crippen LogP contribution in [0.3, 0.4) is 0 Å². The van der Waals surface area contributed by atoms with E-state index >= 15 is 0 Å². The minimum atomic E-state index is -4.43. The normalized spacial score (nSPS) is 21.8. The van der Waals surface area contributed by atoms with Crippen molar-refractivity contribution in [1.82, 2.24) is 4.90 Å². The van der Waals surface area contributed by atoms with Gasteiger partial charge in [0.05, 0.1) is 18.2 Å². The van der Waals surface area contributed by atoms with Crippen molar-refractivity contribution < 1.29 is 32.9 Å². The fourth-order valence-electron chi connectivity index (χ4n) is 3.14. The van der Waals surface area contributed by atoms with Gasteiger partial charge in [-0.2, -0.15) is 13.2 Å². The van der Waals surface area contributed by atoms with Gasteiger partial charge in [0.25, 0.3) is 0 Å². The van der Waals surface area contributed by atoms with Gasteiger partial charge in [0.1, 0.15) is 5.72 Å². The quantitative estimate of drug-likeness (QED) is 0.877. The molecule has 134 valence electrons. The van der Waals surface area contributed by atoms with E-state index < -0.39 is 35.5 Å². The third-order valence-corrected chi connectivity index (χ3v) is 4.30. The number of rotatable bonds is 4. The van der Waals surface area contributed by atoms with Crippen molar-refractivity contribution in [2.75, 3.05) is 13.2 Å². The van der Waals surface area contributed by atoms with Crippen LogP contribution in [-0.4, -0.2) is 46.2 Å². The van der Waals surface area contributed by atoms with Gasteiger partial charge < -0.3 is 14.9 Å². The first-order valence-corrected chi connectivity index (χ1v) is 7.52. The maximum absolute atomic E-state index is 12.7. The molecule has 1 aliphatic rings. The highest BCUT2D eigenvalue weighted by Crippen LogP contribution is 2.38. The third kappa shape index (κ3) is 3.64. The Labute approximate surface area is 137 Å². The molecule has 1 fully saturated rings. The summed E-state index contributed by atoms with van der Waals surface area (Å²) in [5.74, 6) is -0.463. The Kier molecular flexibility index (Phi) is 5.10. The Hall–Kier alpha value is -1.80. The SMILES string of the molecule is CC1(C)OC[C@H]([C@@H](CCO)c2ccc(C(F)(F)F)cc2)N1C(=O)O. The molecule has 8 heteroatoms. The summed E-state index contributed by atoms with van der Waals surface area (Å²) in [6.45, 7) is 3.13. The number of nitrogens with zero attached hydrogens (tertiary/aromatic N) is 1. The molecule has 24 heavy (non-hydrogen) atoms. The van der Waals surface area contributed by atoms with Crippen LogP contribution in [0.4, 0.5) is 18.0 Å². The summed E-state index contributed by atoms with van der Waals surface area (Å²) in [5.41, 5.74) is -1.27. The Balaban J connectivity index is 2.34. The van der Waals surface area contributed by atoms with E-state index in [1.54, 1.807) is 13.8 Å². The van der Waals surface area contributed by atoms with Gasteiger partial charge in [-0.15, -0.1) is 0 Å². The number of carboxylic acid groups (broad SMARTS) is 1. The first kappa shape index (κ1) is 18.5. The van der Waals surface area contributed by atoms with Crippen LogP contribution in [-0.2, 0) is 10.9 Å². The van der Waals surface area contributed by atoms with E-state index in [1.165, 1.54) is 12.1 Å². The lowest BCUT2D eigenvalue weighted by molar-refractivity contribution is -0.137. The van der Waals surface area contributed by atoms with Crippen LogP contribution in [0.15, 0.2) is 24.3 Å². The number of aliphatic hydroxyl groups excluding tert-OH is 1. The topological polar surface area (TPSA) is 70.0 Å². The summed E-state index contributed by atoms with van der Waals surface area (Å²) >= 11 is 0. The van der Waals surface area contributed by atoms with Gasteiger partial charge in [-0.05, 0) is 38.0 Å². The lowest BCUT2D eigenvalue weighted by Gasteiger charge is -2.34. The van der Waals surface area contributed by atoms with Crippen molar-refractivity contribution in [3.05, 3.63) is 35.4 Å². The zero-order valence-corrected chi connectivity index (χ0v) is 13.4. The fourth-order valence-corrected chi connectivity index (χ4v) is 3.14. The molecule has 1 amide bonds. The molecule has 1 saturated heterocycles. The van der Waals surface area contributed by atoms with Gasteiger partial charge in [0.15, 0.2) is 0 Å². The van der Waals surface area contributed by atoms with Crippen LogP contribution in [0.5, 0.6) is 0 Å². The number of aliphatic hydroxyl groups is 1. The van der Waals surface area contributed by atoms with E-state index in [9.17, 15) is 28.2 Å². The maximum atomic E-state index is 12.7. The summed E-state index contributed by atoms with van der Waals surface area (Å²) < 4.78 is 43.6. The van der Waals surface area contributed by atoms with Crippen LogP contribution < -0.4 is 0 Å². The Morgan fingerprint density at radius 3 is 2.42 bits per heavy atom. The summed E-state index contributed by atoms with van der Waals surface area (Å²) in [4.78, 5) is 12.7.